The molecule has 1 aliphatic rings. The maximum atomic E-state index is 13.8. The third kappa shape index (κ3) is 2.68. The van der Waals surface area contributed by atoms with Crippen LogP contribution in [-0.2, 0) is 6.42 Å². The SMILES string of the molecule is CNC(c1cccc(F)c1Cl)C1CCCc2cccnc21. The van der Waals surface area contributed by atoms with E-state index < -0.39 is 0 Å². The molecule has 0 saturated carbocycles. The van der Waals surface area contributed by atoms with Crippen molar-refractivity contribution in [2.24, 2.45) is 0 Å². The number of likely N-dealkylation sites (N-methyl/N-ethyl adjacent to an activating group) is 1. The van der Waals surface area contributed by atoms with Gasteiger partial charge in [0.2, 0.25) is 0 Å². The monoisotopic (exact) mass is 304 g/mol. The first-order valence-corrected chi connectivity index (χ1v) is 7.65. The van der Waals surface area contributed by atoms with Crippen molar-refractivity contribution >= 4 is 11.6 Å². The summed E-state index contributed by atoms with van der Waals surface area (Å²) in [6.45, 7) is 0. The number of aryl methyl sites for hydroxylation is 1. The van der Waals surface area contributed by atoms with Crippen LogP contribution in [0.25, 0.3) is 0 Å². The van der Waals surface area contributed by atoms with E-state index in [0.29, 0.717) is 0 Å². The fourth-order valence-corrected chi connectivity index (χ4v) is 3.55. The first kappa shape index (κ1) is 14.5. The second-order valence-electron chi connectivity index (χ2n) is 5.46. The van der Waals surface area contributed by atoms with Crippen LogP contribution in [-0.4, -0.2) is 12.0 Å². The Balaban J connectivity index is 2.04. The maximum Gasteiger partial charge on any atom is 0.142 e. The molecule has 3 rings (SSSR count). The molecule has 0 fully saturated rings. The molecule has 0 amide bonds. The first-order valence-electron chi connectivity index (χ1n) is 7.27. The Labute approximate surface area is 129 Å². The number of aromatic nitrogens is 1. The smallest absolute Gasteiger partial charge is 0.142 e. The van der Waals surface area contributed by atoms with Crippen LogP contribution >= 0.6 is 11.6 Å². The summed E-state index contributed by atoms with van der Waals surface area (Å²) in [5.74, 6) is -0.147. The molecule has 0 saturated heterocycles. The number of halogens is 2. The molecule has 21 heavy (non-hydrogen) atoms. The molecule has 1 aromatic carbocycles. The lowest BCUT2D eigenvalue weighted by Gasteiger charge is -2.32. The van der Waals surface area contributed by atoms with E-state index in [2.05, 4.69) is 16.4 Å². The number of fused-ring (bicyclic) bond motifs is 1. The summed E-state index contributed by atoms with van der Waals surface area (Å²) in [4.78, 5) is 4.57. The van der Waals surface area contributed by atoms with Crippen molar-refractivity contribution < 1.29 is 4.39 Å². The lowest BCUT2D eigenvalue weighted by molar-refractivity contribution is 0.414. The van der Waals surface area contributed by atoms with E-state index >= 15 is 0 Å². The topological polar surface area (TPSA) is 24.9 Å². The molecule has 0 bridgehead atoms. The summed E-state index contributed by atoms with van der Waals surface area (Å²) >= 11 is 6.18. The minimum atomic E-state index is -0.369. The molecule has 1 N–H and O–H groups in total. The van der Waals surface area contributed by atoms with Gasteiger partial charge in [0.15, 0.2) is 0 Å². The average Bonchev–Trinajstić information content (AvgIpc) is 2.52. The lowest BCUT2D eigenvalue weighted by atomic mass is 9.79. The summed E-state index contributed by atoms with van der Waals surface area (Å²) in [5.41, 5.74) is 3.22. The molecule has 0 radical (unpaired) electrons. The summed E-state index contributed by atoms with van der Waals surface area (Å²) < 4.78 is 13.8. The van der Waals surface area contributed by atoms with Gasteiger partial charge < -0.3 is 5.32 Å². The molecule has 0 spiro atoms. The molecule has 110 valence electrons. The zero-order valence-corrected chi connectivity index (χ0v) is 12.7. The van der Waals surface area contributed by atoms with Crippen LogP contribution < -0.4 is 5.32 Å². The molecular weight excluding hydrogens is 287 g/mol. The third-order valence-corrected chi connectivity index (χ3v) is 4.67. The van der Waals surface area contributed by atoms with E-state index in [4.69, 9.17) is 11.6 Å². The van der Waals surface area contributed by atoms with Gasteiger partial charge in [-0.3, -0.25) is 4.98 Å². The highest BCUT2D eigenvalue weighted by Gasteiger charge is 2.30. The van der Waals surface area contributed by atoms with Gasteiger partial charge >= 0.3 is 0 Å². The van der Waals surface area contributed by atoms with Gasteiger partial charge in [0.1, 0.15) is 5.82 Å². The normalized spacial score (nSPS) is 19.1. The molecular formula is C17H18ClFN2. The van der Waals surface area contributed by atoms with Crippen molar-refractivity contribution in [1.82, 2.24) is 10.3 Å². The predicted molar refractivity (Wildman–Crippen MR) is 83.1 cm³/mol. The fourth-order valence-electron chi connectivity index (χ4n) is 3.30. The molecule has 2 nitrogen and oxygen atoms in total. The summed E-state index contributed by atoms with van der Waals surface area (Å²) in [6.07, 6.45) is 5.04. The van der Waals surface area contributed by atoms with E-state index in [1.807, 2.05) is 25.4 Å². The number of rotatable bonds is 3. The maximum absolute atomic E-state index is 13.8. The van der Waals surface area contributed by atoms with Gasteiger partial charge in [0.25, 0.3) is 0 Å². The minimum absolute atomic E-state index is 0.0258. The van der Waals surface area contributed by atoms with Gasteiger partial charge in [-0.25, -0.2) is 4.39 Å². The Morgan fingerprint density at radius 3 is 3.00 bits per heavy atom. The van der Waals surface area contributed by atoms with E-state index in [0.717, 1.165) is 30.5 Å². The molecule has 0 aliphatic heterocycles. The number of nitrogens with zero attached hydrogens (tertiary/aromatic N) is 1. The number of pyridine rings is 1. The predicted octanol–water partition coefficient (Wildman–Crippen LogP) is 4.25. The zero-order chi connectivity index (χ0) is 14.8. The van der Waals surface area contributed by atoms with Gasteiger partial charge in [0, 0.05) is 23.9 Å². The summed E-state index contributed by atoms with van der Waals surface area (Å²) in [6, 6.07) is 9.08. The zero-order valence-electron chi connectivity index (χ0n) is 11.9. The van der Waals surface area contributed by atoms with Gasteiger partial charge in [-0.05, 0) is 49.6 Å². The van der Waals surface area contributed by atoms with Crippen LogP contribution in [0, 0.1) is 5.82 Å². The van der Waals surface area contributed by atoms with Gasteiger partial charge in [-0.15, -0.1) is 0 Å². The Morgan fingerprint density at radius 1 is 1.33 bits per heavy atom. The van der Waals surface area contributed by atoms with E-state index in [1.165, 1.54) is 11.6 Å². The average molecular weight is 305 g/mol. The van der Waals surface area contributed by atoms with Crippen LogP contribution in [0.1, 0.15) is 41.6 Å². The van der Waals surface area contributed by atoms with Crippen LogP contribution in [0.3, 0.4) is 0 Å². The van der Waals surface area contributed by atoms with Crippen molar-refractivity contribution in [3.8, 4) is 0 Å². The Morgan fingerprint density at radius 2 is 2.19 bits per heavy atom. The molecule has 1 aliphatic carbocycles. The van der Waals surface area contributed by atoms with Crippen molar-refractivity contribution in [2.45, 2.75) is 31.2 Å². The summed E-state index contributed by atoms with van der Waals surface area (Å²) in [5, 5.41) is 3.51. The highest BCUT2D eigenvalue weighted by molar-refractivity contribution is 6.31. The molecule has 1 heterocycles. The standard InChI is InChI=1S/C17H18ClFN2/c1-20-17(12-7-3-9-14(19)15(12)18)13-8-2-5-11-6-4-10-21-16(11)13/h3-4,6-7,9-10,13,17,20H,2,5,8H2,1H3. The van der Waals surface area contributed by atoms with Crippen molar-refractivity contribution in [3.63, 3.8) is 0 Å². The van der Waals surface area contributed by atoms with Crippen LogP contribution in [0.5, 0.6) is 0 Å². The van der Waals surface area contributed by atoms with Crippen molar-refractivity contribution in [2.75, 3.05) is 7.05 Å². The number of nitrogens with one attached hydrogen (secondary N) is 1. The van der Waals surface area contributed by atoms with Crippen LogP contribution in [0.15, 0.2) is 36.5 Å². The molecule has 2 atom stereocenters. The number of hydrogen-bond donors (Lipinski definition) is 1. The Bertz CT molecular complexity index is 644. The third-order valence-electron chi connectivity index (χ3n) is 4.27. The molecule has 2 unspecified atom stereocenters. The first-order chi connectivity index (χ1) is 10.2. The Hall–Kier alpha value is -1.45. The summed E-state index contributed by atoms with van der Waals surface area (Å²) in [7, 11) is 1.89. The van der Waals surface area contributed by atoms with Gasteiger partial charge in [0.05, 0.1) is 5.02 Å². The minimum Gasteiger partial charge on any atom is -0.312 e. The second-order valence-corrected chi connectivity index (χ2v) is 5.83. The van der Waals surface area contributed by atoms with Crippen LogP contribution in [0.2, 0.25) is 5.02 Å². The van der Waals surface area contributed by atoms with Gasteiger partial charge in [-0.1, -0.05) is 29.8 Å². The molecule has 2 aromatic rings. The van der Waals surface area contributed by atoms with E-state index in [-0.39, 0.29) is 22.8 Å². The van der Waals surface area contributed by atoms with E-state index in [1.54, 1.807) is 6.07 Å². The second kappa shape index (κ2) is 6.12. The highest BCUT2D eigenvalue weighted by atomic mass is 35.5. The van der Waals surface area contributed by atoms with Gasteiger partial charge in [-0.2, -0.15) is 0 Å². The quantitative estimate of drug-likeness (QED) is 0.916. The van der Waals surface area contributed by atoms with E-state index in [9.17, 15) is 4.39 Å². The highest BCUT2D eigenvalue weighted by Crippen LogP contribution is 2.41. The largest absolute Gasteiger partial charge is 0.312 e. The molecule has 4 heteroatoms. The molecule has 1 aromatic heterocycles. The number of benzene rings is 1. The van der Waals surface area contributed by atoms with Crippen LogP contribution in [0.4, 0.5) is 4.39 Å². The van der Waals surface area contributed by atoms with Crippen molar-refractivity contribution in [3.05, 3.63) is 64.2 Å². The number of hydrogen-bond acceptors (Lipinski definition) is 2. The fraction of sp³-hybridized carbons (Fsp3) is 0.353. The van der Waals surface area contributed by atoms with Crippen molar-refractivity contribution in [1.29, 1.82) is 0 Å². The lowest BCUT2D eigenvalue weighted by Crippen LogP contribution is -2.28. The Kier molecular flexibility index (Phi) is 4.22.